The van der Waals surface area contributed by atoms with E-state index >= 15 is 0 Å². The molecule has 1 aromatic heterocycles. The van der Waals surface area contributed by atoms with Crippen LogP contribution in [0.5, 0.6) is 0 Å². The molecule has 1 fully saturated rings. The number of hydrogen-bond donors (Lipinski definition) is 0. The molecule has 1 aliphatic rings. The van der Waals surface area contributed by atoms with Crippen LogP contribution in [0.1, 0.15) is 34.6 Å². The van der Waals surface area contributed by atoms with Crippen LogP contribution in [0.25, 0.3) is 11.3 Å². The van der Waals surface area contributed by atoms with Crippen molar-refractivity contribution in [2.24, 2.45) is 0 Å². The molecule has 0 aliphatic carbocycles. The van der Waals surface area contributed by atoms with Crippen LogP contribution in [0.4, 0.5) is 14.3 Å². The van der Waals surface area contributed by atoms with E-state index in [1.54, 1.807) is 28.4 Å². The van der Waals surface area contributed by atoms with Gasteiger partial charge in [0.2, 0.25) is 0 Å². The van der Waals surface area contributed by atoms with Gasteiger partial charge >= 0.3 is 6.09 Å². The molecule has 146 valence electrons. The van der Waals surface area contributed by atoms with Gasteiger partial charge in [-0.15, -0.1) is 11.3 Å². The van der Waals surface area contributed by atoms with Gasteiger partial charge in [-0.25, -0.2) is 14.2 Å². The minimum atomic E-state index is -0.503. The predicted octanol–water partition coefficient (Wildman–Crippen LogP) is 4.78. The van der Waals surface area contributed by atoms with Crippen LogP contribution in [0, 0.1) is 5.82 Å². The number of ether oxygens (including phenoxy) is 1. The van der Waals surface area contributed by atoms with Crippen LogP contribution < -0.4 is 4.90 Å². The van der Waals surface area contributed by atoms with Crippen molar-refractivity contribution in [3.05, 3.63) is 35.5 Å². The number of hydrogen-bond acceptors (Lipinski definition) is 5. The number of thiazole rings is 1. The largest absolute Gasteiger partial charge is 0.444 e. The smallest absolute Gasteiger partial charge is 0.410 e. The molecule has 0 radical (unpaired) electrons. The van der Waals surface area contributed by atoms with E-state index in [2.05, 4.69) is 11.8 Å². The molecule has 2 atom stereocenters. The molecule has 0 unspecified atom stereocenters. The standard InChI is InChI=1S/C20H26FN3O2S/c1-13-11-24(19(25)26-20(3,4)5)14(2)10-23(13)18-22-17(12-27-18)15-6-8-16(21)9-7-15/h6-9,12-14H,10-11H2,1-5H3/t13-,14+/m1/s1. The van der Waals surface area contributed by atoms with Crippen molar-refractivity contribution in [1.29, 1.82) is 0 Å². The second kappa shape index (κ2) is 7.46. The molecular weight excluding hydrogens is 365 g/mol. The van der Waals surface area contributed by atoms with Gasteiger partial charge in [0.1, 0.15) is 11.4 Å². The van der Waals surface area contributed by atoms with Crippen molar-refractivity contribution in [3.63, 3.8) is 0 Å². The molecule has 0 saturated carbocycles. The average Bonchev–Trinajstić information content (AvgIpc) is 3.05. The number of carbonyl (C=O) groups is 1. The van der Waals surface area contributed by atoms with E-state index < -0.39 is 5.60 Å². The number of aromatic nitrogens is 1. The lowest BCUT2D eigenvalue weighted by Crippen LogP contribution is -2.59. The summed E-state index contributed by atoms with van der Waals surface area (Å²) in [6, 6.07) is 6.51. The molecule has 1 amide bonds. The Morgan fingerprint density at radius 1 is 1.19 bits per heavy atom. The highest BCUT2D eigenvalue weighted by Gasteiger charge is 2.35. The lowest BCUT2D eigenvalue weighted by molar-refractivity contribution is 0.0130. The SMILES string of the molecule is C[C@@H]1CN(C(=O)OC(C)(C)C)[C@@H](C)CN1c1nc(-c2ccc(F)cc2)cs1. The summed E-state index contributed by atoms with van der Waals surface area (Å²) >= 11 is 1.57. The number of nitrogens with zero attached hydrogens (tertiary/aromatic N) is 3. The first-order chi connectivity index (χ1) is 12.6. The van der Waals surface area contributed by atoms with Crippen molar-refractivity contribution >= 4 is 22.6 Å². The van der Waals surface area contributed by atoms with Crippen molar-refractivity contribution in [3.8, 4) is 11.3 Å². The first-order valence-corrected chi connectivity index (χ1v) is 10.00. The molecule has 27 heavy (non-hydrogen) atoms. The second-order valence-electron chi connectivity index (χ2n) is 8.01. The summed E-state index contributed by atoms with van der Waals surface area (Å²) in [5.74, 6) is -0.255. The molecule has 2 aromatic rings. The molecule has 0 N–H and O–H groups in total. The molecule has 1 aromatic carbocycles. The molecule has 2 heterocycles. The quantitative estimate of drug-likeness (QED) is 0.739. The molecular formula is C20H26FN3O2S. The summed E-state index contributed by atoms with van der Waals surface area (Å²) in [6.45, 7) is 11.0. The third-order valence-corrected chi connectivity index (χ3v) is 5.37. The number of piperazine rings is 1. The lowest BCUT2D eigenvalue weighted by atomic mass is 10.1. The summed E-state index contributed by atoms with van der Waals surface area (Å²) in [7, 11) is 0. The minimum Gasteiger partial charge on any atom is -0.444 e. The summed E-state index contributed by atoms with van der Waals surface area (Å²) in [5, 5.41) is 2.90. The molecule has 0 spiro atoms. The highest BCUT2D eigenvalue weighted by atomic mass is 32.1. The van der Waals surface area contributed by atoms with Crippen LogP contribution >= 0.6 is 11.3 Å². The Morgan fingerprint density at radius 3 is 2.48 bits per heavy atom. The van der Waals surface area contributed by atoms with Crippen LogP contribution in [-0.2, 0) is 4.74 Å². The van der Waals surface area contributed by atoms with Gasteiger partial charge in [-0.1, -0.05) is 0 Å². The molecule has 0 bridgehead atoms. The monoisotopic (exact) mass is 391 g/mol. The summed E-state index contributed by atoms with van der Waals surface area (Å²) < 4.78 is 18.7. The number of amides is 1. The maximum atomic E-state index is 13.1. The summed E-state index contributed by atoms with van der Waals surface area (Å²) in [6.07, 6.45) is -0.271. The van der Waals surface area contributed by atoms with Gasteiger partial charge in [0.15, 0.2) is 5.13 Å². The van der Waals surface area contributed by atoms with Gasteiger partial charge in [-0.2, -0.15) is 0 Å². The topological polar surface area (TPSA) is 45.7 Å². The van der Waals surface area contributed by atoms with E-state index in [0.29, 0.717) is 13.1 Å². The highest BCUT2D eigenvalue weighted by molar-refractivity contribution is 7.14. The summed E-state index contributed by atoms with van der Waals surface area (Å²) in [5.41, 5.74) is 1.23. The number of benzene rings is 1. The van der Waals surface area contributed by atoms with Crippen LogP contribution in [-0.4, -0.2) is 46.8 Å². The Balaban J connectivity index is 1.72. The van der Waals surface area contributed by atoms with E-state index in [9.17, 15) is 9.18 Å². The van der Waals surface area contributed by atoms with Crippen LogP contribution in [0.3, 0.4) is 0 Å². The third kappa shape index (κ3) is 4.58. The van der Waals surface area contributed by atoms with Gasteiger partial charge in [0.05, 0.1) is 5.69 Å². The van der Waals surface area contributed by atoms with E-state index in [4.69, 9.17) is 9.72 Å². The Kier molecular flexibility index (Phi) is 5.42. The number of rotatable bonds is 2. The summed E-state index contributed by atoms with van der Waals surface area (Å²) in [4.78, 5) is 21.2. The van der Waals surface area contributed by atoms with Gasteiger partial charge in [0, 0.05) is 36.1 Å². The van der Waals surface area contributed by atoms with Crippen LogP contribution in [0.2, 0.25) is 0 Å². The zero-order valence-corrected chi connectivity index (χ0v) is 17.2. The molecule has 1 saturated heterocycles. The van der Waals surface area contributed by atoms with Gasteiger partial charge in [0.25, 0.3) is 0 Å². The lowest BCUT2D eigenvalue weighted by Gasteiger charge is -2.44. The fourth-order valence-electron chi connectivity index (χ4n) is 3.12. The number of anilines is 1. The molecule has 7 heteroatoms. The van der Waals surface area contributed by atoms with Crippen molar-refractivity contribution < 1.29 is 13.9 Å². The van der Waals surface area contributed by atoms with Crippen molar-refractivity contribution in [2.75, 3.05) is 18.0 Å². The minimum absolute atomic E-state index is 0.0224. The van der Waals surface area contributed by atoms with Crippen molar-refractivity contribution in [2.45, 2.75) is 52.3 Å². The highest BCUT2D eigenvalue weighted by Crippen LogP contribution is 2.31. The zero-order valence-electron chi connectivity index (χ0n) is 16.4. The second-order valence-corrected chi connectivity index (χ2v) is 8.84. The van der Waals surface area contributed by atoms with E-state index in [0.717, 1.165) is 16.4 Å². The van der Waals surface area contributed by atoms with E-state index in [1.165, 1.54) is 12.1 Å². The molecule has 3 rings (SSSR count). The van der Waals surface area contributed by atoms with Crippen LogP contribution in [0.15, 0.2) is 29.6 Å². The van der Waals surface area contributed by atoms with Gasteiger partial charge in [-0.3, -0.25) is 0 Å². The maximum absolute atomic E-state index is 13.1. The average molecular weight is 392 g/mol. The molecule has 1 aliphatic heterocycles. The Hall–Kier alpha value is -2.15. The number of carbonyl (C=O) groups excluding carboxylic acids is 1. The first kappa shape index (κ1) is 19.6. The maximum Gasteiger partial charge on any atom is 0.410 e. The number of halogens is 1. The van der Waals surface area contributed by atoms with E-state index in [-0.39, 0.29) is 24.0 Å². The van der Waals surface area contributed by atoms with Gasteiger partial charge in [-0.05, 0) is 58.9 Å². The third-order valence-electron chi connectivity index (χ3n) is 4.49. The Labute approximate surface area is 163 Å². The van der Waals surface area contributed by atoms with Gasteiger partial charge < -0.3 is 14.5 Å². The zero-order chi connectivity index (χ0) is 19.8. The molecule has 5 nitrogen and oxygen atoms in total. The Bertz CT molecular complexity index is 800. The normalized spacial score (nSPS) is 20.7. The predicted molar refractivity (Wildman–Crippen MR) is 107 cm³/mol. The Morgan fingerprint density at radius 2 is 1.85 bits per heavy atom. The first-order valence-electron chi connectivity index (χ1n) is 9.12. The fourth-order valence-corrected chi connectivity index (χ4v) is 4.06. The fraction of sp³-hybridized carbons (Fsp3) is 0.500. The van der Waals surface area contributed by atoms with Crippen molar-refractivity contribution in [1.82, 2.24) is 9.88 Å². The van der Waals surface area contributed by atoms with E-state index in [1.807, 2.05) is 33.1 Å².